The van der Waals surface area contributed by atoms with Crippen LogP contribution in [0.3, 0.4) is 0 Å². The first-order valence-corrected chi connectivity index (χ1v) is 13.4. The van der Waals surface area contributed by atoms with Crippen molar-refractivity contribution in [3.05, 3.63) is 23.8 Å². The highest BCUT2D eigenvalue weighted by Crippen LogP contribution is 2.41. The summed E-state index contributed by atoms with van der Waals surface area (Å²) in [5, 5.41) is 0.0929. The molecule has 0 radical (unpaired) electrons. The lowest BCUT2D eigenvalue weighted by Gasteiger charge is -2.36. The van der Waals surface area contributed by atoms with Gasteiger partial charge in [0.15, 0.2) is 5.75 Å². The van der Waals surface area contributed by atoms with E-state index in [1.807, 2.05) is 25.1 Å². The third kappa shape index (κ3) is 7.84. The normalized spacial score (nSPS) is 12.9. The van der Waals surface area contributed by atoms with Gasteiger partial charge in [-0.1, -0.05) is 33.3 Å². The lowest BCUT2D eigenvalue weighted by atomic mass is 9.90. The molecule has 0 saturated heterocycles. The van der Waals surface area contributed by atoms with E-state index in [0.717, 1.165) is 36.9 Å². The van der Waals surface area contributed by atoms with E-state index in [4.69, 9.17) is 13.9 Å². The molecule has 0 spiro atoms. The van der Waals surface area contributed by atoms with E-state index in [0.29, 0.717) is 25.2 Å². The SMILES string of the molecule is CCOC(=O)CCCCC(CC=O)c1ccc(O[Si](C)(C)C(C)(C)C)c(OC)c1. The first-order chi connectivity index (χ1) is 13.6. The van der Waals surface area contributed by atoms with E-state index in [1.54, 1.807) is 7.11 Å². The third-order valence-corrected chi connectivity index (χ3v) is 10.0. The molecule has 0 aromatic heterocycles. The number of ether oxygens (including phenoxy) is 2. The van der Waals surface area contributed by atoms with E-state index in [-0.39, 0.29) is 16.9 Å². The highest BCUT2D eigenvalue weighted by Gasteiger charge is 2.39. The van der Waals surface area contributed by atoms with E-state index >= 15 is 0 Å². The first-order valence-electron chi connectivity index (χ1n) is 10.5. The summed E-state index contributed by atoms with van der Waals surface area (Å²) in [7, 11) is -0.332. The summed E-state index contributed by atoms with van der Waals surface area (Å²) in [6.07, 6.45) is 4.29. The van der Waals surface area contributed by atoms with Crippen LogP contribution in [0.15, 0.2) is 18.2 Å². The molecule has 5 nitrogen and oxygen atoms in total. The number of benzene rings is 1. The molecule has 0 aliphatic rings. The maximum absolute atomic E-state index is 11.5. The molecule has 0 saturated carbocycles. The maximum atomic E-state index is 11.5. The molecule has 0 aliphatic carbocycles. The number of hydrogen-bond acceptors (Lipinski definition) is 5. The van der Waals surface area contributed by atoms with Gasteiger partial charge in [-0.05, 0) is 61.5 Å². The average Bonchev–Trinajstić information content (AvgIpc) is 2.63. The summed E-state index contributed by atoms with van der Waals surface area (Å²) in [6, 6.07) is 5.98. The third-order valence-electron chi connectivity index (χ3n) is 5.70. The van der Waals surface area contributed by atoms with E-state index < -0.39 is 8.32 Å². The number of hydrogen-bond donors (Lipinski definition) is 0. The molecule has 0 N–H and O–H groups in total. The van der Waals surface area contributed by atoms with E-state index in [2.05, 4.69) is 33.9 Å². The van der Waals surface area contributed by atoms with Gasteiger partial charge in [0.05, 0.1) is 13.7 Å². The zero-order valence-corrected chi connectivity index (χ0v) is 20.2. The van der Waals surface area contributed by atoms with Crippen molar-refractivity contribution in [1.82, 2.24) is 0 Å². The van der Waals surface area contributed by atoms with Gasteiger partial charge in [-0.2, -0.15) is 0 Å². The quantitative estimate of drug-likeness (QED) is 0.182. The molecule has 0 amide bonds. The van der Waals surface area contributed by atoms with Crippen LogP contribution in [0.4, 0.5) is 0 Å². The van der Waals surface area contributed by atoms with Gasteiger partial charge in [-0.15, -0.1) is 0 Å². The molecule has 0 fully saturated rings. The Morgan fingerprint density at radius 3 is 2.41 bits per heavy atom. The van der Waals surface area contributed by atoms with Crippen molar-refractivity contribution >= 4 is 20.6 Å². The largest absolute Gasteiger partial charge is 0.541 e. The molecule has 29 heavy (non-hydrogen) atoms. The van der Waals surface area contributed by atoms with Crippen LogP contribution in [0.1, 0.15) is 71.3 Å². The number of unbranched alkanes of at least 4 members (excludes halogenated alkanes) is 1. The molecule has 1 unspecified atom stereocenters. The second-order valence-corrected chi connectivity index (χ2v) is 13.6. The Labute approximate surface area is 177 Å². The van der Waals surface area contributed by atoms with Crippen molar-refractivity contribution in [1.29, 1.82) is 0 Å². The van der Waals surface area contributed by atoms with E-state index in [1.165, 1.54) is 0 Å². The number of carbonyl (C=O) groups excluding carboxylic acids is 2. The Morgan fingerprint density at radius 1 is 1.17 bits per heavy atom. The molecule has 0 bridgehead atoms. The fourth-order valence-corrected chi connectivity index (χ4v) is 3.91. The van der Waals surface area contributed by atoms with Crippen LogP contribution in [-0.2, 0) is 14.3 Å². The van der Waals surface area contributed by atoms with Crippen molar-refractivity contribution in [2.45, 2.75) is 83.8 Å². The summed E-state index contributed by atoms with van der Waals surface area (Å²) in [5.41, 5.74) is 1.06. The second kappa shape index (κ2) is 11.4. The van der Waals surface area contributed by atoms with Crippen molar-refractivity contribution in [3.63, 3.8) is 0 Å². The number of carbonyl (C=O) groups is 2. The fourth-order valence-electron chi connectivity index (χ4n) is 2.88. The smallest absolute Gasteiger partial charge is 0.305 e. The minimum absolute atomic E-state index is 0.0929. The molecule has 6 heteroatoms. The van der Waals surface area contributed by atoms with Crippen molar-refractivity contribution in [2.24, 2.45) is 0 Å². The first kappa shape index (κ1) is 25.2. The fraction of sp³-hybridized carbons (Fsp3) is 0.652. The van der Waals surface area contributed by atoms with Gasteiger partial charge in [-0.25, -0.2) is 0 Å². The molecule has 1 atom stereocenters. The monoisotopic (exact) mass is 422 g/mol. The number of methoxy groups -OCH3 is 1. The molecule has 1 aromatic carbocycles. The maximum Gasteiger partial charge on any atom is 0.305 e. The number of aldehydes is 1. The van der Waals surface area contributed by atoms with Crippen LogP contribution in [0.25, 0.3) is 0 Å². The topological polar surface area (TPSA) is 61.8 Å². The molecule has 0 heterocycles. The Kier molecular flexibility index (Phi) is 9.90. The van der Waals surface area contributed by atoms with Crippen molar-refractivity contribution in [3.8, 4) is 11.5 Å². The lowest BCUT2D eigenvalue weighted by Crippen LogP contribution is -2.43. The van der Waals surface area contributed by atoms with Gasteiger partial charge >= 0.3 is 5.97 Å². The molecule has 1 rings (SSSR count). The van der Waals surface area contributed by atoms with Crippen LogP contribution in [-0.4, -0.2) is 34.3 Å². The summed E-state index contributed by atoms with van der Waals surface area (Å²) in [4.78, 5) is 22.7. The zero-order chi connectivity index (χ0) is 22.1. The molecular formula is C23H38O5Si. The summed E-state index contributed by atoms with van der Waals surface area (Å²) >= 11 is 0. The van der Waals surface area contributed by atoms with Gasteiger partial charge in [0.2, 0.25) is 0 Å². The molecule has 1 aromatic rings. The minimum atomic E-state index is -1.98. The van der Waals surface area contributed by atoms with Gasteiger partial charge in [0.25, 0.3) is 8.32 Å². The summed E-state index contributed by atoms with van der Waals surface area (Å²) in [6.45, 7) is 13.3. The number of rotatable bonds is 12. The van der Waals surface area contributed by atoms with Crippen LogP contribution < -0.4 is 9.16 Å². The Morgan fingerprint density at radius 2 is 1.86 bits per heavy atom. The average molecular weight is 423 g/mol. The van der Waals surface area contributed by atoms with Gasteiger partial charge in [0, 0.05) is 12.8 Å². The summed E-state index contributed by atoms with van der Waals surface area (Å²) in [5.74, 6) is 1.41. The highest BCUT2D eigenvalue weighted by atomic mass is 28.4. The zero-order valence-electron chi connectivity index (χ0n) is 19.2. The standard InChI is InChI=1S/C23H38O5Si/c1-8-27-22(25)12-10-9-11-18(15-16-24)19-13-14-20(21(17-19)26-5)28-29(6,7)23(2,3)4/h13-14,16-18H,8-12,15H2,1-7H3. The van der Waals surface area contributed by atoms with Crippen molar-refractivity contribution in [2.75, 3.05) is 13.7 Å². The van der Waals surface area contributed by atoms with Crippen LogP contribution in [0.5, 0.6) is 11.5 Å². The van der Waals surface area contributed by atoms with E-state index in [9.17, 15) is 9.59 Å². The molecular weight excluding hydrogens is 384 g/mol. The Balaban J connectivity index is 2.88. The summed E-state index contributed by atoms with van der Waals surface area (Å²) < 4.78 is 17.0. The lowest BCUT2D eigenvalue weighted by molar-refractivity contribution is -0.143. The molecule has 164 valence electrons. The van der Waals surface area contributed by atoms with Gasteiger partial charge < -0.3 is 18.7 Å². The van der Waals surface area contributed by atoms with Crippen LogP contribution >= 0.6 is 0 Å². The van der Waals surface area contributed by atoms with Crippen LogP contribution in [0.2, 0.25) is 18.1 Å². The van der Waals surface area contributed by atoms with Gasteiger partial charge in [0.1, 0.15) is 12.0 Å². The predicted molar refractivity (Wildman–Crippen MR) is 119 cm³/mol. The van der Waals surface area contributed by atoms with Crippen LogP contribution in [0, 0.1) is 0 Å². The predicted octanol–water partition coefficient (Wildman–Crippen LogP) is 5.88. The second-order valence-electron chi connectivity index (χ2n) is 8.92. The minimum Gasteiger partial charge on any atom is -0.541 e. The Bertz CT molecular complexity index is 664. The number of esters is 1. The Hall–Kier alpha value is -1.82. The van der Waals surface area contributed by atoms with Crippen molar-refractivity contribution < 1.29 is 23.5 Å². The van der Waals surface area contributed by atoms with Gasteiger partial charge in [-0.3, -0.25) is 4.79 Å². The highest BCUT2D eigenvalue weighted by molar-refractivity contribution is 6.74. The molecule has 0 aliphatic heterocycles.